The Morgan fingerprint density at radius 1 is 1.12 bits per heavy atom. The summed E-state index contributed by atoms with van der Waals surface area (Å²) in [5.74, 6) is 2.48. The zero-order chi connectivity index (χ0) is 21.8. The van der Waals surface area contributed by atoms with E-state index in [0.717, 1.165) is 65.9 Å². The molecule has 2 fully saturated rings. The second-order valence-corrected chi connectivity index (χ2v) is 10.1. The topological polar surface area (TPSA) is 41.7 Å². The van der Waals surface area contributed by atoms with Gasteiger partial charge in [-0.2, -0.15) is 0 Å². The van der Waals surface area contributed by atoms with E-state index >= 15 is 0 Å². The molecule has 2 aliphatic rings. The van der Waals surface area contributed by atoms with Gasteiger partial charge in [0.2, 0.25) is 0 Å². The van der Waals surface area contributed by atoms with Crippen molar-refractivity contribution in [3.05, 3.63) is 35.0 Å². The highest BCUT2D eigenvalue weighted by Gasteiger charge is 2.24. The second kappa shape index (κ2) is 13.0. The van der Waals surface area contributed by atoms with Gasteiger partial charge in [-0.1, -0.05) is 16.8 Å². The molecule has 33 heavy (non-hydrogen) atoms. The van der Waals surface area contributed by atoms with Crippen molar-refractivity contribution in [1.29, 1.82) is 0 Å². The van der Waals surface area contributed by atoms with E-state index in [0.29, 0.717) is 0 Å². The highest BCUT2D eigenvalue weighted by Crippen LogP contribution is 2.35. The SMILES string of the molecule is CC(C)=CCN1CCC(CCc2noc3c(CN(C)C)c(OCC4CC4)ccc23)CC1.Cl.Cl. The number of aromatic nitrogens is 1. The van der Waals surface area contributed by atoms with Gasteiger partial charge in [0.15, 0.2) is 5.58 Å². The molecule has 0 spiro atoms. The second-order valence-electron chi connectivity index (χ2n) is 10.1. The molecule has 1 aliphatic heterocycles. The number of hydrogen-bond donors (Lipinski definition) is 0. The van der Waals surface area contributed by atoms with Gasteiger partial charge >= 0.3 is 0 Å². The largest absolute Gasteiger partial charge is 0.493 e. The molecule has 1 saturated heterocycles. The predicted octanol–water partition coefficient (Wildman–Crippen LogP) is 6.13. The minimum atomic E-state index is 0. The Balaban J connectivity index is 0.00000193. The monoisotopic (exact) mass is 497 g/mol. The van der Waals surface area contributed by atoms with E-state index in [1.807, 2.05) is 0 Å². The number of allylic oxidation sites excluding steroid dienone is 1. The number of aryl methyl sites for hydroxylation is 1. The quantitative estimate of drug-likeness (QED) is 0.369. The molecule has 0 bridgehead atoms. The Bertz CT molecular complexity index is 896. The molecule has 0 N–H and O–H groups in total. The number of ether oxygens (including phenoxy) is 1. The molecule has 1 saturated carbocycles. The highest BCUT2D eigenvalue weighted by molar-refractivity contribution is 5.86. The van der Waals surface area contributed by atoms with Crippen LogP contribution in [0.5, 0.6) is 5.75 Å². The minimum absolute atomic E-state index is 0. The molecule has 186 valence electrons. The van der Waals surface area contributed by atoms with Gasteiger partial charge in [0, 0.05) is 18.5 Å². The van der Waals surface area contributed by atoms with E-state index < -0.39 is 0 Å². The summed E-state index contributed by atoms with van der Waals surface area (Å²) in [6.45, 7) is 9.51. The van der Waals surface area contributed by atoms with Gasteiger partial charge in [-0.25, -0.2) is 0 Å². The first-order valence-electron chi connectivity index (χ1n) is 12.0. The highest BCUT2D eigenvalue weighted by atomic mass is 35.5. The van der Waals surface area contributed by atoms with Crippen LogP contribution in [0, 0.1) is 11.8 Å². The fraction of sp³-hybridized carbons (Fsp3) is 0.654. The Hall–Kier alpha value is -1.27. The summed E-state index contributed by atoms with van der Waals surface area (Å²) < 4.78 is 12.0. The van der Waals surface area contributed by atoms with Gasteiger partial charge in [-0.05, 0) is 104 Å². The van der Waals surface area contributed by atoms with Crippen molar-refractivity contribution in [3.63, 3.8) is 0 Å². The molecule has 1 aromatic heterocycles. The number of piperidine rings is 1. The van der Waals surface area contributed by atoms with E-state index in [2.05, 4.69) is 61.1 Å². The van der Waals surface area contributed by atoms with Crippen molar-refractivity contribution in [2.45, 2.75) is 58.9 Å². The number of rotatable bonds is 10. The van der Waals surface area contributed by atoms with Crippen LogP contribution in [-0.2, 0) is 13.0 Å². The predicted molar refractivity (Wildman–Crippen MR) is 141 cm³/mol. The molecule has 0 amide bonds. The normalized spacial score (nSPS) is 17.0. The van der Waals surface area contributed by atoms with Gasteiger partial charge in [0.05, 0.1) is 17.9 Å². The maximum Gasteiger partial charge on any atom is 0.175 e. The zero-order valence-corrected chi connectivity index (χ0v) is 22.3. The maximum atomic E-state index is 6.16. The molecule has 4 rings (SSSR count). The van der Waals surface area contributed by atoms with E-state index in [9.17, 15) is 0 Å². The molecule has 2 aromatic rings. The third-order valence-electron chi connectivity index (χ3n) is 6.68. The lowest BCUT2D eigenvalue weighted by Gasteiger charge is -2.31. The van der Waals surface area contributed by atoms with Crippen molar-refractivity contribution < 1.29 is 9.26 Å². The van der Waals surface area contributed by atoms with Crippen LogP contribution in [0.2, 0.25) is 0 Å². The fourth-order valence-electron chi connectivity index (χ4n) is 4.48. The molecule has 1 aromatic carbocycles. The summed E-state index contributed by atoms with van der Waals surface area (Å²) in [7, 11) is 4.18. The van der Waals surface area contributed by atoms with Crippen LogP contribution in [-0.4, -0.2) is 55.3 Å². The fourth-order valence-corrected chi connectivity index (χ4v) is 4.48. The molecule has 1 aliphatic carbocycles. The molecule has 5 nitrogen and oxygen atoms in total. The minimum Gasteiger partial charge on any atom is -0.493 e. The van der Waals surface area contributed by atoms with Gasteiger partial charge in [0.25, 0.3) is 0 Å². The van der Waals surface area contributed by atoms with Gasteiger partial charge in [0.1, 0.15) is 5.75 Å². The van der Waals surface area contributed by atoms with Crippen molar-refractivity contribution in [2.24, 2.45) is 11.8 Å². The van der Waals surface area contributed by atoms with Crippen LogP contribution in [0.15, 0.2) is 28.3 Å². The van der Waals surface area contributed by atoms with E-state index in [1.54, 1.807) is 0 Å². The van der Waals surface area contributed by atoms with Gasteiger partial charge in [-0.3, -0.25) is 4.90 Å². The third kappa shape index (κ3) is 7.88. The Labute approximate surface area is 211 Å². The molecule has 7 heteroatoms. The lowest BCUT2D eigenvalue weighted by atomic mass is 9.91. The van der Waals surface area contributed by atoms with E-state index in [-0.39, 0.29) is 24.8 Å². The first-order chi connectivity index (χ1) is 15.0. The summed E-state index contributed by atoms with van der Waals surface area (Å²) in [5, 5.41) is 5.66. The van der Waals surface area contributed by atoms with Gasteiger partial charge < -0.3 is 14.2 Å². The number of likely N-dealkylation sites (tertiary alicyclic amines) is 1. The Morgan fingerprint density at radius 2 is 1.85 bits per heavy atom. The average Bonchev–Trinajstić information content (AvgIpc) is 3.48. The number of nitrogens with zero attached hydrogens (tertiary/aromatic N) is 3. The molecule has 0 atom stereocenters. The molecule has 0 unspecified atom stereocenters. The summed E-state index contributed by atoms with van der Waals surface area (Å²) in [6.07, 6.45) is 9.71. The lowest BCUT2D eigenvalue weighted by molar-refractivity contribution is 0.194. The van der Waals surface area contributed by atoms with Crippen LogP contribution < -0.4 is 4.74 Å². The van der Waals surface area contributed by atoms with Crippen LogP contribution in [0.25, 0.3) is 11.0 Å². The molecular formula is C26H41Cl2N3O2. The van der Waals surface area contributed by atoms with Crippen LogP contribution in [0.4, 0.5) is 0 Å². The van der Waals surface area contributed by atoms with Crippen LogP contribution >= 0.6 is 24.8 Å². The summed E-state index contributed by atoms with van der Waals surface area (Å²) in [5.41, 5.74) is 4.56. The lowest BCUT2D eigenvalue weighted by Crippen LogP contribution is -2.34. The summed E-state index contributed by atoms with van der Waals surface area (Å²) in [4.78, 5) is 4.75. The smallest absolute Gasteiger partial charge is 0.175 e. The van der Waals surface area contributed by atoms with Crippen molar-refractivity contribution in [2.75, 3.05) is 40.3 Å². The van der Waals surface area contributed by atoms with Crippen molar-refractivity contribution in [1.82, 2.24) is 15.0 Å². The van der Waals surface area contributed by atoms with Crippen LogP contribution in [0.3, 0.4) is 0 Å². The third-order valence-corrected chi connectivity index (χ3v) is 6.68. The van der Waals surface area contributed by atoms with E-state index in [1.165, 1.54) is 50.8 Å². The van der Waals surface area contributed by atoms with Crippen molar-refractivity contribution >= 4 is 35.8 Å². The first kappa shape index (κ1) is 28.0. The maximum absolute atomic E-state index is 6.16. The zero-order valence-electron chi connectivity index (χ0n) is 20.6. The van der Waals surface area contributed by atoms with Crippen molar-refractivity contribution in [3.8, 4) is 5.75 Å². The van der Waals surface area contributed by atoms with E-state index in [4.69, 9.17) is 9.26 Å². The number of hydrogen-bond acceptors (Lipinski definition) is 5. The number of fused-ring (bicyclic) bond motifs is 1. The summed E-state index contributed by atoms with van der Waals surface area (Å²) >= 11 is 0. The summed E-state index contributed by atoms with van der Waals surface area (Å²) in [6, 6.07) is 4.29. The average molecular weight is 499 g/mol. The number of halogens is 2. The number of benzene rings is 1. The molecular weight excluding hydrogens is 457 g/mol. The first-order valence-corrected chi connectivity index (χ1v) is 12.0. The Morgan fingerprint density at radius 3 is 2.48 bits per heavy atom. The molecule has 2 heterocycles. The van der Waals surface area contributed by atoms with Crippen LogP contribution in [0.1, 0.15) is 57.2 Å². The Kier molecular flexibility index (Phi) is 11.0. The van der Waals surface area contributed by atoms with Gasteiger partial charge in [-0.15, -0.1) is 24.8 Å². The standard InChI is InChI=1S/C26H39N3O2.2ClH/c1-19(2)11-14-29-15-12-20(13-16-29)7-9-24-22-8-10-25(30-18-21-5-6-21)23(17-28(3)4)26(22)31-27-24;;/h8,10-11,20-21H,5-7,9,12-18H2,1-4H3;2*1H. The molecule has 0 radical (unpaired) electrons.